The minimum Gasteiger partial charge on any atom is -0.402 e. The Kier molecular flexibility index (Phi) is 3.15. The predicted molar refractivity (Wildman–Crippen MR) is 76.4 cm³/mol. The van der Waals surface area contributed by atoms with Crippen LogP contribution in [-0.2, 0) is 9.53 Å². The lowest BCUT2D eigenvalue weighted by Crippen LogP contribution is -2.05. The van der Waals surface area contributed by atoms with Crippen LogP contribution in [0.1, 0.15) is 22.4 Å². The Balaban J connectivity index is 1.96. The maximum absolute atomic E-state index is 11.8. The van der Waals surface area contributed by atoms with Crippen molar-refractivity contribution in [1.29, 1.82) is 0 Å². The van der Waals surface area contributed by atoms with Crippen LogP contribution < -0.4 is 0 Å². The highest BCUT2D eigenvalue weighted by Gasteiger charge is 2.24. The number of carbonyl (C=O) groups is 1. The third kappa shape index (κ3) is 2.37. The second-order valence-electron chi connectivity index (χ2n) is 4.46. The van der Waals surface area contributed by atoms with E-state index in [1.165, 1.54) is 17.1 Å². The van der Waals surface area contributed by atoms with Crippen molar-refractivity contribution in [3.8, 4) is 0 Å². The van der Waals surface area contributed by atoms with Crippen LogP contribution in [0.2, 0.25) is 0 Å². The van der Waals surface area contributed by atoms with Gasteiger partial charge >= 0.3 is 5.97 Å². The number of aryl methyl sites for hydroxylation is 2. The molecule has 1 aromatic carbocycles. The van der Waals surface area contributed by atoms with Crippen LogP contribution in [-0.4, -0.2) is 21.5 Å². The summed E-state index contributed by atoms with van der Waals surface area (Å²) in [6.07, 6.45) is 1.57. The lowest BCUT2D eigenvalue weighted by atomic mass is 10.1. The molecule has 1 aromatic heterocycles. The first kappa shape index (κ1) is 12.7. The average Bonchev–Trinajstić information content (AvgIpc) is 3.04. The fourth-order valence-corrected chi connectivity index (χ4v) is 2.19. The van der Waals surface area contributed by atoms with Crippen molar-refractivity contribution in [2.24, 2.45) is 4.99 Å². The summed E-state index contributed by atoms with van der Waals surface area (Å²) in [5.41, 5.74) is 3.95. The second-order valence-corrected chi connectivity index (χ2v) is 5.07. The van der Waals surface area contributed by atoms with Crippen LogP contribution in [0.4, 0.5) is 0 Å². The third-order valence-corrected chi connectivity index (χ3v) is 3.56. The molecular weight excluding hydrogens is 274 g/mol. The summed E-state index contributed by atoms with van der Waals surface area (Å²) in [5.74, 6) is -0.140. The van der Waals surface area contributed by atoms with Gasteiger partial charge in [-0.1, -0.05) is 10.6 Å². The molecule has 0 unspecified atom stereocenters. The highest BCUT2D eigenvalue weighted by molar-refractivity contribution is 7.03. The Bertz CT molecular complexity index is 733. The van der Waals surface area contributed by atoms with Gasteiger partial charge < -0.3 is 4.74 Å². The molecule has 5 nitrogen and oxygen atoms in total. The molecule has 100 valence electrons. The fourth-order valence-electron chi connectivity index (χ4n) is 1.78. The van der Waals surface area contributed by atoms with Gasteiger partial charge in [-0.25, -0.2) is 9.79 Å². The minimum absolute atomic E-state index is 0.242. The molecule has 0 N–H and O–H groups in total. The Hall–Kier alpha value is -2.34. The number of rotatable bonds is 2. The maximum atomic E-state index is 11.8. The van der Waals surface area contributed by atoms with Crippen molar-refractivity contribution in [3.63, 3.8) is 0 Å². The van der Waals surface area contributed by atoms with Gasteiger partial charge in [0, 0.05) is 10.9 Å². The number of aromatic nitrogens is 2. The van der Waals surface area contributed by atoms with E-state index in [1.807, 2.05) is 32.0 Å². The second kappa shape index (κ2) is 4.97. The number of hydrogen-bond donors (Lipinski definition) is 0. The normalized spacial score (nSPS) is 16.4. The summed E-state index contributed by atoms with van der Waals surface area (Å²) >= 11 is 1.22. The molecule has 3 rings (SSSR count). The van der Waals surface area contributed by atoms with Gasteiger partial charge in [-0.3, -0.25) is 0 Å². The monoisotopic (exact) mass is 285 g/mol. The number of cyclic esters (lactones) is 1. The average molecular weight is 285 g/mol. The molecule has 0 saturated heterocycles. The summed E-state index contributed by atoms with van der Waals surface area (Å²) < 4.78 is 8.94. The molecule has 2 aromatic rings. The van der Waals surface area contributed by atoms with Crippen molar-refractivity contribution in [3.05, 3.63) is 51.7 Å². The summed E-state index contributed by atoms with van der Waals surface area (Å²) in [4.78, 5) is 16.0. The first-order chi connectivity index (χ1) is 9.63. The number of aliphatic imine (C=N–C) groups is 1. The summed E-state index contributed by atoms with van der Waals surface area (Å²) in [7, 11) is 0. The van der Waals surface area contributed by atoms with E-state index in [-0.39, 0.29) is 5.70 Å². The quantitative estimate of drug-likeness (QED) is 0.628. The molecule has 0 spiro atoms. The van der Waals surface area contributed by atoms with Crippen molar-refractivity contribution < 1.29 is 9.53 Å². The van der Waals surface area contributed by atoms with Crippen LogP contribution in [0.5, 0.6) is 0 Å². The molecule has 0 saturated carbocycles. The van der Waals surface area contributed by atoms with Gasteiger partial charge in [0.1, 0.15) is 5.69 Å². The van der Waals surface area contributed by atoms with Crippen molar-refractivity contribution >= 4 is 29.5 Å². The number of hydrogen-bond acceptors (Lipinski definition) is 6. The van der Waals surface area contributed by atoms with E-state index in [4.69, 9.17) is 4.74 Å². The van der Waals surface area contributed by atoms with Gasteiger partial charge in [-0.15, -0.1) is 5.10 Å². The van der Waals surface area contributed by atoms with Gasteiger partial charge in [0.25, 0.3) is 0 Å². The van der Waals surface area contributed by atoms with Crippen molar-refractivity contribution in [1.82, 2.24) is 9.59 Å². The molecule has 0 bridgehead atoms. The molecule has 20 heavy (non-hydrogen) atoms. The number of ether oxygens (including phenoxy) is 1. The highest BCUT2D eigenvalue weighted by atomic mass is 32.1. The summed E-state index contributed by atoms with van der Waals surface area (Å²) in [6.45, 7) is 4.04. The molecule has 1 aliphatic rings. The number of carbonyl (C=O) groups excluding carboxylic acids is 1. The van der Waals surface area contributed by atoms with E-state index in [0.717, 1.165) is 11.1 Å². The van der Waals surface area contributed by atoms with Gasteiger partial charge in [-0.2, -0.15) is 0 Å². The lowest BCUT2D eigenvalue weighted by Gasteiger charge is -2.03. The SMILES string of the molecule is Cc1ccc(C2=NC(=Cc3csnn3)C(=O)O2)cc1C. The lowest BCUT2D eigenvalue weighted by molar-refractivity contribution is -0.129. The van der Waals surface area contributed by atoms with E-state index in [0.29, 0.717) is 11.6 Å². The van der Waals surface area contributed by atoms with Crippen LogP contribution in [0.15, 0.2) is 34.3 Å². The standard InChI is InChI=1S/C14H11N3O2S/c1-8-3-4-10(5-9(8)2)13-15-12(14(18)19-13)6-11-7-20-17-16-11/h3-7H,1-2H3. The zero-order valence-electron chi connectivity index (χ0n) is 11.0. The van der Waals surface area contributed by atoms with E-state index in [1.54, 1.807) is 11.5 Å². The Morgan fingerprint density at radius 3 is 2.80 bits per heavy atom. The maximum Gasteiger partial charge on any atom is 0.363 e. The van der Waals surface area contributed by atoms with Crippen LogP contribution in [0.25, 0.3) is 6.08 Å². The summed E-state index contributed by atoms with van der Waals surface area (Å²) in [6, 6.07) is 5.82. The molecular formula is C14H11N3O2S. The largest absolute Gasteiger partial charge is 0.402 e. The Morgan fingerprint density at radius 2 is 2.10 bits per heavy atom. The Labute approximate surface area is 119 Å². The number of esters is 1. The van der Waals surface area contributed by atoms with Gasteiger partial charge in [-0.05, 0) is 54.7 Å². The molecule has 0 atom stereocenters. The third-order valence-electron chi connectivity index (χ3n) is 3.04. The smallest absolute Gasteiger partial charge is 0.363 e. The molecule has 2 heterocycles. The zero-order chi connectivity index (χ0) is 14.1. The first-order valence-corrected chi connectivity index (χ1v) is 6.84. The van der Waals surface area contributed by atoms with Crippen LogP contribution >= 0.6 is 11.5 Å². The molecule has 1 aliphatic heterocycles. The van der Waals surface area contributed by atoms with Gasteiger partial charge in [0.05, 0.1) is 0 Å². The van der Waals surface area contributed by atoms with E-state index in [2.05, 4.69) is 14.6 Å². The Morgan fingerprint density at radius 1 is 1.25 bits per heavy atom. The van der Waals surface area contributed by atoms with E-state index < -0.39 is 5.97 Å². The summed E-state index contributed by atoms with van der Waals surface area (Å²) in [5, 5.41) is 5.59. The molecule has 0 amide bonds. The van der Waals surface area contributed by atoms with Gasteiger partial charge in [0.2, 0.25) is 5.90 Å². The van der Waals surface area contributed by atoms with Gasteiger partial charge in [0.15, 0.2) is 5.70 Å². The molecule has 6 heteroatoms. The van der Waals surface area contributed by atoms with E-state index >= 15 is 0 Å². The van der Waals surface area contributed by atoms with Crippen molar-refractivity contribution in [2.45, 2.75) is 13.8 Å². The first-order valence-electron chi connectivity index (χ1n) is 6.01. The van der Waals surface area contributed by atoms with Crippen LogP contribution in [0.3, 0.4) is 0 Å². The highest BCUT2D eigenvalue weighted by Crippen LogP contribution is 2.20. The van der Waals surface area contributed by atoms with E-state index in [9.17, 15) is 4.79 Å². The minimum atomic E-state index is -0.466. The zero-order valence-corrected chi connectivity index (χ0v) is 11.8. The molecule has 0 fully saturated rings. The topological polar surface area (TPSA) is 64.4 Å². The molecule has 0 aliphatic carbocycles. The number of nitrogens with zero attached hydrogens (tertiary/aromatic N) is 3. The van der Waals surface area contributed by atoms with Crippen LogP contribution in [0, 0.1) is 13.8 Å². The number of benzene rings is 1. The fraction of sp³-hybridized carbons (Fsp3) is 0.143. The molecule has 0 radical (unpaired) electrons. The van der Waals surface area contributed by atoms with Crippen molar-refractivity contribution in [2.75, 3.05) is 0 Å². The predicted octanol–water partition coefficient (Wildman–Crippen LogP) is 2.50.